The molecule has 11 heavy (non-hydrogen) atoms. The first-order valence-corrected chi connectivity index (χ1v) is 3.67. The van der Waals surface area contributed by atoms with E-state index < -0.39 is 0 Å². The van der Waals surface area contributed by atoms with Gasteiger partial charge in [-0.25, -0.2) is 0 Å². The molecule has 0 rings (SSSR count). The van der Waals surface area contributed by atoms with Crippen molar-refractivity contribution in [1.82, 2.24) is 5.43 Å². The zero-order chi connectivity index (χ0) is 8.69. The molecule has 0 bridgehead atoms. The van der Waals surface area contributed by atoms with Crippen molar-refractivity contribution in [1.29, 1.82) is 0 Å². The molecule has 3 N–H and O–H groups in total. The quantitative estimate of drug-likeness (QED) is 0.365. The van der Waals surface area contributed by atoms with Gasteiger partial charge in [-0.05, 0) is 19.1 Å². The highest BCUT2D eigenvalue weighted by molar-refractivity contribution is 7.80. The average Bonchev–Trinajstić information content (AvgIpc) is 1.97. The molecule has 64 valence electrons. The second kappa shape index (κ2) is 6.06. The van der Waals surface area contributed by atoms with Crippen molar-refractivity contribution in [3.63, 3.8) is 0 Å². The maximum atomic E-state index is 5.12. The van der Waals surface area contributed by atoms with Gasteiger partial charge in [0.25, 0.3) is 0 Å². The normalized spacial score (nSPS) is 13.3. The summed E-state index contributed by atoms with van der Waals surface area (Å²) in [4.78, 5) is 0. The fourth-order valence-corrected chi connectivity index (χ4v) is 0.459. The van der Waals surface area contributed by atoms with E-state index in [0.29, 0.717) is 0 Å². The molecule has 0 aliphatic rings. The van der Waals surface area contributed by atoms with Crippen LogP contribution in [0.2, 0.25) is 0 Å². The van der Waals surface area contributed by atoms with Gasteiger partial charge in [0, 0.05) is 19.7 Å². The van der Waals surface area contributed by atoms with E-state index in [1.54, 1.807) is 13.3 Å². The molecular weight excluding hydrogens is 162 g/mol. The molecule has 0 aliphatic carbocycles. The van der Waals surface area contributed by atoms with Gasteiger partial charge in [-0.3, -0.25) is 5.43 Å². The molecule has 0 aromatic heterocycles. The summed E-state index contributed by atoms with van der Waals surface area (Å²) in [7, 11) is 1.65. The van der Waals surface area contributed by atoms with Crippen molar-refractivity contribution < 1.29 is 4.74 Å². The van der Waals surface area contributed by atoms with Gasteiger partial charge in [0.1, 0.15) is 0 Å². The van der Waals surface area contributed by atoms with E-state index in [1.807, 2.05) is 6.92 Å². The van der Waals surface area contributed by atoms with Gasteiger partial charge in [-0.1, -0.05) is 0 Å². The number of rotatable bonds is 4. The summed E-state index contributed by atoms with van der Waals surface area (Å²) in [5.41, 5.74) is 7.57. The Kier molecular flexibility index (Phi) is 5.68. The summed E-state index contributed by atoms with van der Waals surface area (Å²) >= 11 is 4.52. The van der Waals surface area contributed by atoms with Crippen LogP contribution in [0.1, 0.15) is 13.3 Å². The van der Waals surface area contributed by atoms with E-state index in [2.05, 4.69) is 22.7 Å². The van der Waals surface area contributed by atoms with Crippen molar-refractivity contribution in [3.05, 3.63) is 0 Å². The van der Waals surface area contributed by atoms with E-state index in [1.165, 1.54) is 0 Å². The standard InChI is InChI=1S/C6H13N3OS/c1-5(10-2)3-4-8-9-6(7)11/h4-5H,3H2,1-2H3,(H3,7,9,11)/b8-4-/t5-/m0/s1. The lowest BCUT2D eigenvalue weighted by molar-refractivity contribution is 0.125. The largest absolute Gasteiger partial charge is 0.381 e. The number of ether oxygens (including phenoxy) is 1. The first-order valence-electron chi connectivity index (χ1n) is 3.26. The molecule has 0 aliphatic heterocycles. The minimum atomic E-state index is 0.173. The Labute approximate surface area is 71.8 Å². The molecule has 0 saturated carbocycles. The fourth-order valence-electron chi connectivity index (χ4n) is 0.407. The second-order valence-electron chi connectivity index (χ2n) is 2.07. The van der Waals surface area contributed by atoms with Crippen LogP contribution >= 0.6 is 12.2 Å². The number of nitrogens with one attached hydrogen (secondary N) is 1. The molecule has 4 nitrogen and oxygen atoms in total. The van der Waals surface area contributed by atoms with Gasteiger partial charge in [-0.15, -0.1) is 0 Å². The SMILES string of the molecule is CO[C@@H](C)C/C=N\NC(N)=S. The van der Waals surface area contributed by atoms with Crippen molar-refractivity contribution in [2.45, 2.75) is 19.4 Å². The Morgan fingerprint density at radius 1 is 1.91 bits per heavy atom. The highest BCUT2D eigenvalue weighted by atomic mass is 32.1. The smallest absolute Gasteiger partial charge is 0.184 e. The van der Waals surface area contributed by atoms with Gasteiger partial charge in [0.15, 0.2) is 5.11 Å². The molecule has 0 saturated heterocycles. The zero-order valence-electron chi connectivity index (χ0n) is 6.70. The monoisotopic (exact) mass is 175 g/mol. The molecule has 0 aromatic rings. The Morgan fingerprint density at radius 2 is 2.55 bits per heavy atom. The molecule has 0 radical (unpaired) electrons. The Bertz CT molecular complexity index is 149. The molecule has 0 heterocycles. The van der Waals surface area contributed by atoms with E-state index in [4.69, 9.17) is 10.5 Å². The third kappa shape index (κ3) is 7.21. The van der Waals surface area contributed by atoms with Crippen LogP contribution < -0.4 is 11.2 Å². The number of nitrogens with zero attached hydrogens (tertiary/aromatic N) is 1. The minimum absolute atomic E-state index is 0.173. The van der Waals surface area contributed by atoms with E-state index in [0.717, 1.165) is 6.42 Å². The highest BCUT2D eigenvalue weighted by Crippen LogP contribution is 1.90. The van der Waals surface area contributed by atoms with Gasteiger partial charge in [0.2, 0.25) is 0 Å². The number of nitrogens with two attached hydrogens (primary N) is 1. The number of thiocarbonyl (C=S) groups is 1. The number of hydrogen-bond donors (Lipinski definition) is 2. The van der Waals surface area contributed by atoms with Crippen LogP contribution in [0.4, 0.5) is 0 Å². The summed E-state index contributed by atoms with van der Waals surface area (Å²) in [6, 6.07) is 0. The first-order chi connectivity index (χ1) is 5.16. The first kappa shape index (κ1) is 10.3. The third-order valence-electron chi connectivity index (χ3n) is 1.11. The Morgan fingerprint density at radius 3 is 3.00 bits per heavy atom. The van der Waals surface area contributed by atoms with Crippen LogP contribution in [-0.2, 0) is 4.74 Å². The zero-order valence-corrected chi connectivity index (χ0v) is 7.52. The van der Waals surface area contributed by atoms with Crippen LogP contribution in [0.15, 0.2) is 5.10 Å². The molecule has 0 aromatic carbocycles. The molecule has 5 heteroatoms. The summed E-state index contributed by atoms with van der Waals surface area (Å²) in [5.74, 6) is 0. The summed E-state index contributed by atoms with van der Waals surface area (Å²) in [5, 5.41) is 3.91. The maximum absolute atomic E-state index is 5.12. The van der Waals surface area contributed by atoms with Gasteiger partial charge < -0.3 is 10.5 Å². The topological polar surface area (TPSA) is 59.6 Å². The minimum Gasteiger partial charge on any atom is -0.381 e. The summed E-state index contributed by atoms with van der Waals surface area (Å²) in [6.45, 7) is 1.95. The summed E-state index contributed by atoms with van der Waals surface area (Å²) in [6.07, 6.45) is 2.59. The summed E-state index contributed by atoms with van der Waals surface area (Å²) < 4.78 is 4.97. The van der Waals surface area contributed by atoms with Gasteiger partial charge in [0.05, 0.1) is 6.10 Å². The average molecular weight is 175 g/mol. The van der Waals surface area contributed by atoms with Gasteiger partial charge >= 0.3 is 0 Å². The van der Waals surface area contributed by atoms with Crippen molar-refractivity contribution in [2.75, 3.05) is 7.11 Å². The Balaban J connectivity index is 3.36. The third-order valence-corrected chi connectivity index (χ3v) is 1.20. The molecule has 0 fully saturated rings. The number of hydrogen-bond acceptors (Lipinski definition) is 3. The van der Waals surface area contributed by atoms with Crippen molar-refractivity contribution >= 4 is 23.5 Å². The van der Waals surface area contributed by atoms with Crippen LogP contribution in [0.25, 0.3) is 0 Å². The molecular formula is C6H13N3OS. The van der Waals surface area contributed by atoms with E-state index >= 15 is 0 Å². The lowest BCUT2D eigenvalue weighted by atomic mass is 10.3. The lowest BCUT2D eigenvalue weighted by Crippen LogP contribution is -2.24. The predicted octanol–water partition coefficient (Wildman–Crippen LogP) is 0.230. The highest BCUT2D eigenvalue weighted by Gasteiger charge is 1.93. The van der Waals surface area contributed by atoms with Crippen molar-refractivity contribution in [2.24, 2.45) is 10.8 Å². The van der Waals surface area contributed by atoms with E-state index in [-0.39, 0.29) is 11.2 Å². The molecule has 1 atom stereocenters. The van der Waals surface area contributed by atoms with Crippen LogP contribution in [0.3, 0.4) is 0 Å². The van der Waals surface area contributed by atoms with Crippen LogP contribution in [0.5, 0.6) is 0 Å². The molecule has 0 unspecified atom stereocenters. The van der Waals surface area contributed by atoms with E-state index in [9.17, 15) is 0 Å². The van der Waals surface area contributed by atoms with Crippen LogP contribution in [-0.4, -0.2) is 24.5 Å². The predicted molar refractivity (Wildman–Crippen MR) is 49.5 cm³/mol. The second-order valence-corrected chi connectivity index (χ2v) is 2.51. The fraction of sp³-hybridized carbons (Fsp3) is 0.667. The number of hydrazone groups is 1. The molecule has 0 amide bonds. The van der Waals surface area contributed by atoms with Crippen LogP contribution in [0, 0.1) is 0 Å². The van der Waals surface area contributed by atoms with Crippen molar-refractivity contribution in [3.8, 4) is 0 Å². The lowest BCUT2D eigenvalue weighted by Gasteiger charge is -2.03. The molecule has 0 spiro atoms. The van der Waals surface area contributed by atoms with Gasteiger partial charge in [-0.2, -0.15) is 5.10 Å². The maximum Gasteiger partial charge on any atom is 0.184 e. The number of methoxy groups -OCH3 is 1. The Hall–Kier alpha value is -0.680.